The zero-order chi connectivity index (χ0) is 15.1. The van der Waals surface area contributed by atoms with Crippen molar-refractivity contribution in [3.8, 4) is 0 Å². The molecule has 0 unspecified atom stereocenters. The Labute approximate surface area is 132 Å². The molecule has 0 atom stereocenters. The Balaban J connectivity index is 1.87. The van der Waals surface area contributed by atoms with Gasteiger partial charge >= 0.3 is 0 Å². The Morgan fingerprint density at radius 3 is 2.62 bits per heavy atom. The molecule has 1 saturated heterocycles. The molecule has 1 aliphatic heterocycles. The largest absolute Gasteiger partial charge is 0.370 e. The summed E-state index contributed by atoms with van der Waals surface area (Å²) in [6, 6.07) is 1.75. The maximum absolute atomic E-state index is 12.1. The Morgan fingerprint density at radius 2 is 1.95 bits per heavy atom. The van der Waals surface area contributed by atoms with Crippen LogP contribution >= 0.6 is 12.6 Å². The topological polar surface area (TPSA) is 38.1 Å². The molecule has 4 nitrogen and oxygen atoms in total. The average molecular weight is 309 g/mol. The Morgan fingerprint density at radius 1 is 1.24 bits per heavy atom. The third-order valence-corrected chi connectivity index (χ3v) is 4.60. The van der Waals surface area contributed by atoms with Gasteiger partial charge in [-0.2, -0.15) is 17.7 Å². The predicted molar refractivity (Wildman–Crippen MR) is 91.4 cm³/mol. The van der Waals surface area contributed by atoms with Crippen molar-refractivity contribution in [1.29, 1.82) is 0 Å². The lowest BCUT2D eigenvalue weighted by Crippen LogP contribution is -2.34. The van der Waals surface area contributed by atoms with Gasteiger partial charge in [-0.3, -0.25) is 4.79 Å². The van der Waals surface area contributed by atoms with Crippen molar-refractivity contribution in [2.45, 2.75) is 52.0 Å². The van der Waals surface area contributed by atoms with E-state index in [0.29, 0.717) is 0 Å². The first-order valence-corrected chi connectivity index (χ1v) is 8.77. The summed E-state index contributed by atoms with van der Waals surface area (Å²) in [5.74, 6) is 1.74. The molecule has 0 spiro atoms. The van der Waals surface area contributed by atoms with Gasteiger partial charge in [0.15, 0.2) is 0 Å². The number of aryl methyl sites for hydroxylation is 1. The van der Waals surface area contributed by atoms with E-state index < -0.39 is 0 Å². The molecule has 1 aromatic rings. The van der Waals surface area contributed by atoms with Gasteiger partial charge in [-0.25, -0.2) is 4.68 Å². The maximum Gasteiger partial charge on any atom is 0.268 e. The monoisotopic (exact) mass is 309 g/mol. The van der Waals surface area contributed by atoms with Crippen LogP contribution < -0.4 is 10.5 Å². The number of anilines is 1. The molecular formula is C16H27N3OS. The van der Waals surface area contributed by atoms with Gasteiger partial charge in [-0.05, 0) is 37.4 Å². The molecule has 118 valence electrons. The van der Waals surface area contributed by atoms with Gasteiger partial charge in [-0.15, -0.1) is 0 Å². The highest BCUT2D eigenvalue weighted by molar-refractivity contribution is 7.80. The molecule has 0 N–H and O–H groups in total. The van der Waals surface area contributed by atoms with E-state index in [1.165, 1.54) is 19.3 Å². The molecule has 0 aromatic carbocycles. The number of hydrogen-bond acceptors (Lipinski definition) is 4. The molecule has 1 aromatic heterocycles. The Bertz CT molecular complexity index is 481. The van der Waals surface area contributed by atoms with Crippen LogP contribution in [0.4, 0.5) is 5.69 Å². The summed E-state index contributed by atoms with van der Waals surface area (Å²) in [6.45, 7) is 5.09. The zero-order valence-electron chi connectivity index (χ0n) is 13.0. The van der Waals surface area contributed by atoms with E-state index in [0.717, 1.165) is 56.3 Å². The van der Waals surface area contributed by atoms with Crippen LogP contribution in [-0.2, 0) is 6.54 Å². The van der Waals surface area contributed by atoms with Crippen molar-refractivity contribution >= 4 is 18.3 Å². The lowest BCUT2D eigenvalue weighted by molar-refractivity contribution is 0.437. The maximum atomic E-state index is 12.1. The number of unbranched alkanes of at least 4 members (excludes halogenated alkanes) is 3. The summed E-state index contributed by atoms with van der Waals surface area (Å²) in [5.41, 5.74) is 1.01. The number of hydrogen-bond donors (Lipinski definition) is 1. The highest BCUT2D eigenvalue weighted by Crippen LogP contribution is 2.20. The molecule has 1 aliphatic rings. The summed E-state index contributed by atoms with van der Waals surface area (Å²) in [5, 5.41) is 4.34. The van der Waals surface area contributed by atoms with E-state index in [1.54, 1.807) is 10.7 Å². The van der Waals surface area contributed by atoms with Crippen LogP contribution in [-0.4, -0.2) is 28.6 Å². The van der Waals surface area contributed by atoms with E-state index in [2.05, 4.69) is 29.6 Å². The summed E-state index contributed by atoms with van der Waals surface area (Å²) < 4.78 is 1.59. The first kappa shape index (κ1) is 16.4. The molecule has 21 heavy (non-hydrogen) atoms. The minimum Gasteiger partial charge on any atom is -0.370 e. The minimum atomic E-state index is 0.0281. The van der Waals surface area contributed by atoms with E-state index in [1.807, 2.05) is 6.20 Å². The molecule has 5 heteroatoms. The second-order valence-electron chi connectivity index (χ2n) is 6.08. The fraction of sp³-hybridized carbons (Fsp3) is 0.750. The van der Waals surface area contributed by atoms with Crippen LogP contribution in [0.25, 0.3) is 0 Å². The fourth-order valence-electron chi connectivity index (χ4n) is 2.76. The first-order valence-electron chi connectivity index (χ1n) is 8.13. The lowest BCUT2D eigenvalue weighted by Gasteiger charge is -2.31. The summed E-state index contributed by atoms with van der Waals surface area (Å²) in [6.07, 6.45) is 8.75. The van der Waals surface area contributed by atoms with E-state index in [4.69, 9.17) is 0 Å². The molecule has 2 rings (SSSR count). The second kappa shape index (κ2) is 8.47. The van der Waals surface area contributed by atoms with Crippen LogP contribution in [0.2, 0.25) is 0 Å². The summed E-state index contributed by atoms with van der Waals surface area (Å²) in [7, 11) is 0. The highest BCUT2D eigenvalue weighted by atomic mass is 32.1. The van der Waals surface area contributed by atoms with E-state index >= 15 is 0 Å². The summed E-state index contributed by atoms with van der Waals surface area (Å²) >= 11 is 4.20. The normalized spacial score (nSPS) is 16.4. The fourth-order valence-corrected chi connectivity index (χ4v) is 2.98. The number of piperidine rings is 1. The predicted octanol–water partition coefficient (Wildman–Crippen LogP) is 2.97. The molecule has 0 bridgehead atoms. The van der Waals surface area contributed by atoms with Crippen molar-refractivity contribution < 1.29 is 0 Å². The van der Waals surface area contributed by atoms with Gasteiger partial charge in [0, 0.05) is 25.7 Å². The number of thiol groups is 1. The van der Waals surface area contributed by atoms with Gasteiger partial charge < -0.3 is 4.90 Å². The minimum absolute atomic E-state index is 0.0281. The van der Waals surface area contributed by atoms with Crippen molar-refractivity contribution in [1.82, 2.24) is 9.78 Å². The molecular weight excluding hydrogens is 282 g/mol. The molecule has 1 fully saturated rings. The Kier molecular flexibility index (Phi) is 6.61. The van der Waals surface area contributed by atoms with Crippen LogP contribution in [0.5, 0.6) is 0 Å². The average Bonchev–Trinajstić information content (AvgIpc) is 2.49. The SMILES string of the molecule is CC1CCN(c2cnn(CCCCCCS)c(=O)c2)CC1. The van der Waals surface area contributed by atoms with E-state index in [-0.39, 0.29) is 5.56 Å². The molecule has 0 radical (unpaired) electrons. The summed E-state index contributed by atoms with van der Waals surface area (Å²) in [4.78, 5) is 14.4. The van der Waals surface area contributed by atoms with Gasteiger partial charge in [0.05, 0.1) is 11.9 Å². The smallest absolute Gasteiger partial charge is 0.268 e. The van der Waals surface area contributed by atoms with Crippen molar-refractivity contribution in [2.75, 3.05) is 23.7 Å². The van der Waals surface area contributed by atoms with Crippen molar-refractivity contribution in [2.24, 2.45) is 5.92 Å². The number of rotatable bonds is 7. The third-order valence-electron chi connectivity index (χ3n) is 4.28. The van der Waals surface area contributed by atoms with Gasteiger partial charge in [-0.1, -0.05) is 19.8 Å². The van der Waals surface area contributed by atoms with Gasteiger partial charge in [0.1, 0.15) is 0 Å². The van der Waals surface area contributed by atoms with Crippen LogP contribution in [0, 0.1) is 5.92 Å². The number of aromatic nitrogens is 2. The highest BCUT2D eigenvalue weighted by Gasteiger charge is 2.16. The lowest BCUT2D eigenvalue weighted by atomic mass is 9.99. The van der Waals surface area contributed by atoms with E-state index in [9.17, 15) is 4.79 Å². The Hall–Kier alpha value is -0.970. The van der Waals surface area contributed by atoms with Crippen LogP contribution in [0.1, 0.15) is 45.4 Å². The third kappa shape index (κ3) is 5.06. The van der Waals surface area contributed by atoms with Crippen LogP contribution in [0.3, 0.4) is 0 Å². The van der Waals surface area contributed by atoms with Crippen molar-refractivity contribution in [3.05, 3.63) is 22.6 Å². The second-order valence-corrected chi connectivity index (χ2v) is 6.53. The van der Waals surface area contributed by atoms with Gasteiger partial charge in [0.2, 0.25) is 0 Å². The molecule has 2 heterocycles. The molecule has 0 aliphatic carbocycles. The molecule has 0 amide bonds. The standard InChI is InChI=1S/C16H27N3OS/c1-14-6-9-18(10-7-14)15-12-16(20)19(17-13-15)8-4-2-3-5-11-21/h12-14,21H,2-11H2,1H3. The first-order chi connectivity index (χ1) is 10.2. The quantitative estimate of drug-likeness (QED) is 0.621. The molecule has 0 saturated carbocycles. The van der Waals surface area contributed by atoms with Gasteiger partial charge in [0.25, 0.3) is 5.56 Å². The van der Waals surface area contributed by atoms with Crippen molar-refractivity contribution in [3.63, 3.8) is 0 Å². The zero-order valence-corrected chi connectivity index (χ0v) is 13.9. The van der Waals surface area contributed by atoms with Crippen LogP contribution in [0.15, 0.2) is 17.1 Å². The number of nitrogens with zero attached hydrogens (tertiary/aromatic N) is 3.